The van der Waals surface area contributed by atoms with Gasteiger partial charge in [-0.1, -0.05) is 42.5 Å². The summed E-state index contributed by atoms with van der Waals surface area (Å²) in [5.74, 6) is -0.0726. The number of nitrogens with one attached hydrogen (secondary N) is 1. The van der Waals surface area contributed by atoms with E-state index in [0.717, 1.165) is 40.8 Å². The highest BCUT2D eigenvalue weighted by atomic mass is 16.1. The molecule has 1 N–H and O–H groups in total. The predicted octanol–water partition coefficient (Wildman–Crippen LogP) is 5.25. The van der Waals surface area contributed by atoms with E-state index in [1.54, 1.807) is 0 Å². The van der Waals surface area contributed by atoms with Gasteiger partial charge in [-0.05, 0) is 55.3 Å². The highest BCUT2D eigenvalue weighted by Gasteiger charge is 2.12. The molecule has 0 heterocycles. The van der Waals surface area contributed by atoms with E-state index in [-0.39, 0.29) is 5.91 Å². The molecule has 0 radical (unpaired) electrons. The van der Waals surface area contributed by atoms with Crippen LogP contribution in [0.4, 0.5) is 11.4 Å². The third kappa shape index (κ3) is 3.50. The lowest BCUT2D eigenvalue weighted by Crippen LogP contribution is -2.22. The van der Waals surface area contributed by atoms with Crippen molar-refractivity contribution < 1.29 is 4.79 Å². The molecule has 3 aromatic rings. The zero-order valence-corrected chi connectivity index (χ0v) is 15.0. The Bertz CT molecular complexity index is 892. The van der Waals surface area contributed by atoms with Gasteiger partial charge in [0.25, 0.3) is 5.91 Å². The molecule has 0 saturated carbocycles. The Morgan fingerprint density at radius 3 is 2.44 bits per heavy atom. The molecule has 0 atom stereocenters. The number of hydrogen-bond acceptors (Lipinski definition) is 2. The molecular weight excluding hydrogens is 308 g/mol. The first-order valence-corrected chi connectivity index (χ1v) is 8.78. The first kappa shape index (κ1) is 17.0. The second-order valence-corrected chi connectivity index (χ2v) is 6.15. The summed E-state index contributed by atoms with van der Waals surface area (Å²) in [7, 11) is 0. The van der Waals surface area contributed by atoms with Crippen molar-refractivity contribution in [2.75, 3.05) is 23.3 Å². The van der Waals surface area contributed by atoms with E-state index in [0.29, 0.717) is 5.56 Å². The number of carbonyl (C=O) groups is 1. The van der Waals surface area contributed by atoms with E-state index in [1.807, 2.05) is 49.4 Å². The van der Waals surface area contributed by atoms with E-state index in [9.17, 15) is 4.79 Å². The summed E-state index contributed by atoms with van der Waals surface area (Å²) in [5, 5.41) is 5.14. The van der Waals surface area contributed by atoms with Crippen molar-refractivity contribution >= 4 is 28.1 Å². The van der Waals surface area contributed by atoms with Crippen molar-refractivity contribution in [2.24, 2.45) is 0 Å². The zero-order chi connectivity index (χ0) is 17.8. The minimum Gasteiger partial charge on any atom is -0.372 e. The molecule has 128 valence electrons. The maximum Gasteiger partial charge on any atom is 0.256 e. The van der Waals surface area contributed by atoms with Crippen LogP contribution in [0.1, 0.15) is 29.8 Å². The van der Waals surface area contributed by atoms with Crippen LogP contribution in [0.2, 0.25) is 0 Å². The Labute approximate surface area is 149 Å². The highest BCUT2D eigenvalue weighted by molar-refractivity contribution is 6.13. The SMILES string of the molecule is CCN(CC)c1ccc(C)c(NC(=O)c2cccc3ccccc23)c1. The average molecular weight is 332 g/mol. The van der Waals surface area contributed by atoms with Gasteiger partial charge in [0.05, 0.1) is 0 Å². The van der Waals surface area contributed by atoms with E-state index < -0.39 is 0 Å². The number of fused-ring (bicyclic) bond motifs is 1. The molecule has 3 heteroatoms. The number of anilines is 2. The van der Waals surface area contributed by atoms with Crippen LogP contribution in [-0.4, -0.2) is 19.0 Å². The van der Waals surface area contributed by atoms with Crippen molar-refractivity contribution in [1.82, 2.24) is 0 Å². The second kappa shape index (κ2) is 7.39. The molecule has 0 aromatic heterocycles. The summed E-state index contributed by atoms with van der Waals surface area (Å²) in [6.45, 7) is 8.17. The first-order chi connectivity index (χ1) is 12.1. The highest BCUT2D eigenvalue weighted by Crippen LogP contribution is 2.25. The number of hydrogen-bond donors (Lipinski definition) is 1. The van der Waals surface area contributed by atoms with Gasteiger partial charge in [-0.25, -0.2) is 0 Å². The number of amides is 1. The summed E-state index contributed by atoms with van der Waals surface area (Å²) < 4.78 is 0. The van der Waals surface area contributed by atoms with Crippen molar-refractivity contribution in [3.63, 3.8) is 0 Å². The molecule has 3 aromatic carbocycles. The molecule has 25 heavy (non-hydrogen) atoms. The minimum atomic E-state index is -0.0726. The van der Waals surface area contributed by atoms with Crippen LogP contribution in [0.3, 0.4) is 0 Å². The van der Waals surface area contributed by atoms with Crippen LogP contribution in [0.5, 0.6) is 0 Å². The fourth-order valence-corrected chi connectivity index (χ4v) is 3.14. The third-order valence-electron chi connectivity index (χ3n) is 4.63. The molecule has 0 fully saturated rings. The van der Waals surface area contributed by atoms with Crippen molar-refractivity contribution in [3.05, 3.63) is 71.8 Å². The number of rotatable bonds is 5. The lowest BCUT2D eigenvalue weighted by molar-refractivity contribution is 0.102. The number of nitrogens with zero attached hydrogens (tertiary/aromatic N) is 1. The molecule has 0 aliphatic heterocycles. The Kier molecular flexibility index (Phi) is 5.03. The molecule has 3 nitrogen and oxygen atoms in total. The topological polar surface area (TPSA) is 32.3 Å². The molecule has 0 unspecified atom stereocenters. The smallest absolute Gasteiger partial charge is 0.256 e. The van der Waals surface area contributed by atoms with Crippen molar-refractivity contribution in [3.8, 4) is 0 Å². The van der Waals surface area contributed by atoms with Gasteiger partial charge in [0.15, 0.2) is 0 Å². The molecule has 0 aliphatic carbocycles. The van der Waals surface area contributed by atoms with E-state index in [2.05, 4.69) is 42.3 Å². The molecule has 0 saturated heterocycles. The van der Waals surface area contributed by atoms with Crippen LogP contribution in [0, 0.1) is 6.92 Å². The van der Waals surface area contributed by atoms with E-state index in [4.69, 9.17) is 0 Å². The normalized spacial score (nSPS) is 10.7. The van der Waals surface area contributed by atoms with Gasteiger partial charge >= 0.3 is 0 Å². The Balaban J connectivity index is 1.94. The Hall–Kier alpha value is -2.81. The summed E-state index contributed by atoms with van der Waals surface area (Å²) in [4.78, 5) is 15.1. The largest absolute Gasteiger partial charge is 0.372 e. The summed E-state index contributed by atoms with van der Waals surface area (Å²) in [5.41, 5.74) is 3.75. The zero-order valence-electron chi connectivity index (χ0n) is 15.0. The number of benzene rings is 3. The van der Waals surface area contributed by atoms with Crippen LogP contribution in [-0.2, 0) is 0 Å². The van der Waals surface area contributed by atoms with Crippen LogP contribution in [0.25, 0.3) is 10.8 Å². The fourth-order valence-electron chi connectivity index (χ4n) is 3.14. The van der Waals surface area contributed by atoms with E-state index >= 15 is 0 Å². The average Bonchev–Trinajstić information content (AvgIpc) is 2.64. The summed E-state index contributed by atoms with van der Waals surface area (Å²) >= 11 is 0. The minimum absolute atomic E-state index is 0.0726. The third-order valence-corrected chi connectivity index (χ3v) is 4.63. The summed E-state index contributed by atoms with van der Waals surface area (Å²) in [6.07, 6.45) is 0. The molecule has 1 amide bonds. The van der Waals surface area contributed by atoms with E-state index in [1.165, 1.54) is 0 Å². The van der Waals surface area contributed by atoms with Gasteiger partial charge < -0.3 is 10.2 Å². The predicted molar refractivity (Wildman–Crippen MR) is 107 cm³/mol. The standard InChI is InChI=1S/C22H24N2O/c1-4-24(5-2)18-14-13-16(3)21(15-18)23-22(25)20-12-8-10-17-9-6-7-11-19(17)20/h6-15H,4-5H2,1-3H3,(H,23,25). The number of carbonyl (C=O) groups excluding carboxylic acids is 1. The van der Waals surface area contributed by atoms with Crippen LogP contribution in [0.15, 0.2) is 60.7 Å². The quantitative estimate of drug-likeness (QED) is 0.692. The Morgan fingerprint density at radius 1 is 0.960 bits per heavy atom. The number of aryl methyl sites for hydroxylation is 1. The monoisotopic (exact) mass is 332 g/mol. The van der Waals surface area contributed by atoms with Gasteiger partial charge in [-0.15, -0.1) is 0 Å². The van der Waals surface area contributed by atoms with Gasteiger partial charge in [-0.2, -0.15) is 0 Å². The lowest BCUT2D eigenvalue weighted by Gasteiger charge is -2.22. The van der Waals surface area contributed by atoms with Gasteiger partial charge in [-0.3, -0.25) is 4.79 Å². The molecule has 0 spiro atoms. The van der Waals surface area contributed by atoms with Crippen LogP contribution < -0.4 is 10.2 Å². The van der Waals surface area contributed by atoms with Crippen LogP contribution >= 0.6 is 0 Å². The molecule has 0 aliphatic rings. The lowest BCUT2D eigenvalue weighted by atomic mass is 10.0. The van der Waals surface area contributed by atoms with Gasteiger partial charge in [0, 0.05) is 30.0 Å². The maximum atomic E-state index is 12.9. The molecule has 0 bridgehead atoms. The van der Waals surface area contributed by atoms with Crippen molar-refractivity contribution in [1.29, 1.82) is 0 Å². The maximum absolute atomic E-state index is 12.9. The fraction of sp³-hybridized carbons (Fsp3) is 0.227. The summed E-state index contributed by atoms with van der Waals surface area (Å²) in [6, 6.07) is 20.0. The van der Waals surface area contributed by atoms with Gasteiger partial charge in [0.1, 0.15) is 0 Å². The van der Waals surface area contributed by atoms with Crippen molar-refractivity contribution in [2.45, 2.75) is 20.8 Å². The molecular formula is C22H24N2O. The van der Waals surface area contributed by atoms with Gasteiger partial charge in [0.2, 0.25) is 0 Å². The Morgan fingerprint density at radius 2 is 1.68 bits per heavy atom. The first-order valence-electron chi connectivity index (χ1n) is 8.78. The molecule has 3 rings (SSSR count). The second-order valence-electron chi connectivity index (χ2n) is 6.15.